The SMILES string of the molecule is NC(=NCc1cccc(N2CCCS2(=O)=O)c1)NCC1CCC1. The molecule has 0 radical (unpaired) electrons. The average Bonchev–Trinajstić information content (AvgIpc) is 2.83. The summed E-state index contributed by atoms with van der Waals surface area (Å²) in [7, 11) is -3.14. The van der Waals surface area contributed by atoms with Gasteiger partial charge < -0.3 is 11.1 Å². The third kappa shape index (κ3) is 3.96. The van der Waals surface area contributed by atoms with Crippen LogP contribution in [0.1, 0.15) is 31.2 Å². The van der Waals surface area contributed by atoms with Gasteiger partial charge in [-0.2, -0.15) is 0 Å². The summed E-state index contributed by atoms with van der Waals surface area (Å²) in [6.45, 7) is 1.90. The highest BCUT2D eigenvalue weighted by molar-refractivity contribution is 7.93. The minimum Gasteiger partial charge on any atom is -0.370 e. The maximum atomic E-state index is 12.0. The van der Waals surface area contributed by atoms with E-state index in [2.05, 4.69) is 10.3 Å². The molecular formula is C16H24N4O2S. The van der Waals surface area contributed by atoms with Crippen molar-refractivity contribution in [1.82, 2.24) is 5.32 Å². The van der Waals surface area contributed by atoms with Crippen LogP contribution in [0.25, 0.3) is 0 Å². The first-order valence-corrected chi connectivity index (χ1v) is 9.79. The van der Waals surface area contributed by atoms with Crippen molar-refractivity contribution >= 4 is 21.7 Å². The van der Waals surface area contributed by atoms with Crippen LogP contribution < -0.4 is 15.4 Å². The molecule has 1 aromatic carbocycles. The average molecular weight is 336 g/mol. The molecule has 2 aliphatic rings. The summed E-state index contributed by atoms with van der Waals surface area (Å²) < 4.78 is 25.5. The highest BCUT2D eigenvalue weighted by atomic mass is 32.2. The molecular weight excluding hydrogens is 312 g/mol. The molecule has 1 saturated heterocycles. The lowest BCUT2D eigenvalue weighted by Crippen LogP contribution is -2.37. The standard InChI is InChI=1S/C16H24N4O2S/c17-16(18-11-13-4-1-5-13)19-12-14-6-2-7-15(10-14)20-8-3-9-23(20,21)22/h2,6-7,10,13H,1,3-5,8-9,11-12H2,(H3,17,18,19). The number of hydrogen-bond acceptors (Lipinski definition) is 3. The molecule has 0 spiro atoms. The minimum atomic E-state index is -3.14. The van der Waals surface area contributed by atoms with Gasteiger partial charge in [-0.05, 0) is 42.9 Å². The molecule has 1 aliphatic carbocycles. The summed E-state index contributed by atoms with van der Waals surface area (Å²) in [6.07, 6.45) is 4.54. The van der Waals surface area contributed by atoms with Crippen molar-refractivity contribution in [2.45, 2.75) is 32.2 Å². The third-order valence-corrected chi connectivity index (χ3v) is 6.40. The van der Waals surface area contributed by atoms with E-state index in [0.29, 0.717) is 25.5 Å². The van der Waals surface area contributed by atoms with Gasteiger partial charge in [-0.3, -0.25) is 4.31 Å². The van der Waals surface area contributed by atoms with Gasteiger partial charge in [-0.1, -0.05) is 18.6 Å². The zero-order chi connectivity index (χ0) is 16.3. The molecule has 7 heteroatoms. The van der Waals surface area contributed by atoms with Gasteiger partial charge in [0.1, 0.15) is 0 Å². The number of nitrogens with two attached hydrogens (primary N) is 1. The molecule has 3 rings (SSSR count). The lowest BCUT2D eigenvalue weighted by molar-refractivity contribution is 0.315. The molecule has 6 nitrogen and oxygen atoms in total. The van der Waals surface area contributed by atoms with E-state index in [1.54, 1.807) is 0 Å². The van der Waals surface area contributed by atoms with Crippen molar-refractivity contribution in [3.63, 3.8) is 0 Å². The normalized spacial score (nSPS) is 21.2. The summed E-state index contributed by atoms with van der Waals surface area (Å²) >= 11 is 0. The molecule has 23 heavy (non-hydrogen) atoms. The fourth-order valence-electron chi connectivity index (χ4n) is 2.92. The number of nitrogens with zero attached hydrogens (tertiary/aromatic N) is 2. The van der Waals surface area contributed by atoms with Gasteiger partial charge >= 0.3 is 0 Å². The molecule has 1 aliphatic heterocycles. The first-order chi connectivity index (χ1) is 11.0. The lowest BCUT2D eigenvalue weighted by Gasteiger charge is -2.25. The van der Waals surface area contributed by atoms with Crippen molar-refractivity contribution in [3.8, 4) is 0 Å². The molecule has 126 valence electrons. The van der Waals surface area contributed by atoms with E-state index in [-0.39, 0.29) is 5.75 Å². The van der Waals surface area contributed by atoms with Crippen LogP contribution in [0.15, 0.2) is 29.3 Å². The Labute approximate surface area is 137 Å². The van der Waals surface area contributed by atoms with Gasteiger partial charge in [0.15, 0.2) is 5.96 Å². The second-order valence-electron chi connectivity index (χ2n) is 6.29. The van der Waals surface area contributed by atoms with Crippen LogP contribution in [0.5, 0.6) is 0 Å². The van der Waals surface area contributed by atoms with Crippen molar-refractivity contribution in [1.29, 1.82) is 0 Å². The Morgan fingerprint density at radius 3 is 2.83 bits per heavy atom. The van der Waals surface area contributed by atoms with E-state index in [1.165, 1.54) is 23.6 Å². The molecule has 0 amide bonds. The molecule has 1 heterocycles. The molecule has 0 unspecified atom stereocenters. The van der Waals surface area contributed by atoms with Crippen LogP contribution in [0.4, 0.5) is 5.69 Å². The summed E-state index contributed by atoms with van der Waals surface area (Å²) in [6, 6.07) is 7.51. The molecule has 1 aromatic rings. The third-order valence-electron chi connectivity index (χ3n) is 4.53. The lowest BCUT2D eigenvalue weighted by atomic mass is 9.85. The first-order valence-electron chi connectivity index (χ1n) is 8.18. The second kappa shape index (κ2) is 6.78. The maximum absolute atomic E-state index is 12.0. The van der Waals surface area contributed by atoms with E-state index in [4.69, 9.17) is 5.73 Å². The number of guanidine groups is 1. The highest BCUT2D eigenvalue weighted by Crippen LogP contribution is 2.25. The van der Waals surface area contributed by atoms with E-state index in [0.717, 1.165) is 23.7 Å². The van der Waals surface area contributed by atoms with Crippen LogP contribution in [0.3, 0.4) is 0 Å². The van der Waals surface area contributed by atoms with E-state index in [9.17, 15) is 8.42 Å². The molecule has 3 N–H and O–H groups in total. The number of anilines is 1. The van der Waals surface area contributed by atoms with E-state index >= 15 is 0 Å². The van der Waals surface area contributed by atoms with Gasteiger partial charge in [0.25, 0.3) is 0 Å². The van der Waals surface area contributed by atoms with Gasteiger partial charge in [0.2, 0.25) is 10.0 Å². The summed E-state index contributed by atoms with van der Waals surface area (Å²) in [4.78, 5) is 4.34. The molecule has 0 bridgehead atoms. The number of hydrogen-bond donors (Lipinski definition) is 2. The van der Waals surface area contributed by atoms with Crippen molar-refractivity contribution in [2.24, 2.45) is 16.6 Å². The van der Waals surface area contributed by atoms with Crippen LogP contribution in [-0.4, -0.2) is 33.2 Å². The quantitative estimate of drug-likeness (QED) is 0.629. The first kappa shape index (κ1) is 16.1. The fraction of sp³-hybridized carbons (Fsp3) is 0.562. The van der Waals surface area contributed by atoms with Gasteiger partial charge in [0, 0.05) is 13.1 Å². The second-order valence-corrected chi connectivity index (χ2v) is 8.30. The van der Waals surface area contributed by atoms with E-state index in [1.807, 2.05) is 24.3 Å². The van der Waals surface area contributed by atoms with Crippen LogP contribution >= 0.6 is 0 Å². The van der Waals surface area contributed by atoms with E-state index < -0.39 is 10.0 Å². The number of benzene rings is 1. The summed E-state index contributed by atoms with van der Waals surface area (Å²) in [5.74, 6) is 1.41. The van der Waals surface area contributed by atoms with Crippen molar-refractivity contribution < 1.29 is 8.42 Å². The zero-order valence-electron chi connectivity index (χ0n) is 13.2. The monoisotopic (exact) mass is 336 g/mol. The Hall–Kier alpha value is -1.76. The number of rotatable bonds is 5. The van der Waals surface area contributed by atoms with Crippen molar-refractivity contribution in [2.75, 3.05) is 23.1 Å². The van der Waals surface area contributed by atoms with Gasteiger partial charge in [-0.15, -0.1) is 0 Å². The molecule has 1 saturated carbocycles. The van der Waals surface area contributed by atoms with Crippen LogP contribution in [-0.2, 0) is 16.6 Å². The van der Waals surface area contributed by atoms with Crippen LogP contribution in [0.2, 0.25) is 0 Å². The molecule has 0 aromatic heterocycles. The van der Waals surface area contributed by atoms with Crippen LogP contribution in [0, 0.1) is 5.92 Å². The van der Waals surface area contributed by atoms with Gasteiger partial charge in [-0.25, -0.2) is 13.4 Å². The Kier molecular flexibility index (Phi) is 4.75. The number of nitrogens with one attached hydrogen (secondary N) is 1. The number of sulfonamides is 1. The van der Waals surface area contributed by atoms with Gasteiger partial charge in [0.05, 0.1) is 18.0 Å². The highest BCUT2D eigenvalue weighted by Gasteiger charge is 2.28. The Bertz CT molecular complexity index is 683. The predicted octanol–water partition coefficient (Wildman–Crippen LogP) is 1.43. The smallest absolute Gasteiger partial charge is 0.235 e. The Morgan fingerprint density at radius 1 is 1.35 bits per heavy atom. The topological polar surface area (TPSA) is 87.8 Å². The summed E-state index contributed by atoms with van der Waals surface area (Å²) in [5, 5.41) is 3.16. The maximum Gasteiger partial charge on any atom is 0.235 e. The number of aliphatic imine (C=N–C) groups is 1. The minimum absolute atomic E-state index is 0.230. The fourth-order valence-corrected chi connectivity index (χ4v) is 4.47. The zero-order valence-corrected chi connectivity index (χ0v) is 14.1. The Morgan fingerprint density at radius 2 is 2.17 bits per heavy atom. The summed E-state index contributed by atoms with van der Waals surface area (Å²) in [5.41, 5.74) is 7.56. The predicted molar refractivity (Wildman–Crippen MR) is 92.9 cm³/mol. The van der Waals surface area contributed by atoms with Crippen molar-refractivity contribution in [3.05, 3.63) is 29.8 Å². The molecule has 2 fully saturated rings. The Balaban J connectivity index is 1.61. The molecule has 0 atom stereocenters. The largest absolute Gasteiger partial charge is 0.370 e.